The van der Waals surface area contributed by atoms with E-state index in [0.29, 0.717) is 13.0 Å². The van der Waals surface area contributed by atoms with E-state index in [2.05, 4.69) is 4.40 Å². The van der Waals surface area contributed by atoms with Gasteiger partial charge < -0.3 is 0 Å². The zero-order valence-electron chi connectivity index (χ0n) is 10.6. The molecule has 0 unspecified atom stereocenters. The Morgan fingerprint density at radius 1 is 1.42 bits per heavy atom. The molecule has 1 aromatic rings. The molecular weight excluding hydrogens is 304 g/mol. The molecule has 0 N–H and O–H groups in total. The lowest BCUT2D eigenvalue weighted by Crippen LogP contribution is -2.32. The number of amides is 1. The van der Waals surface area contributed by atoms with Crippen molar-refractivity contribution >= 4 is 44.2 Å². The van der Waals surface area contributed by atoms with Crippen molar-refractivity contribution in [3.8, 4) is 0 Å². The number of rotatable bonds is 4. The number of carbonyl (C=O) groups is 1. The van der Waals surface area contributed by atoms with Crippen molar-refractivity contribution in [1.82, 2.24) is 4.90 Å². The number of hydrogen-bond acceptors (Lipinski definition) is 5. The van der Waals surface area contributed by atoms with Crippen molar-refractivity contribution in [1.29, 1.82) is 0 Å². The molecule has 0 spiro atoms. The number of nitrogens with zero attached hydrogens (tertiary/aromatic N) is 2. The highest BCUT2D eigenvalue weighted by Gasteiger charge is 2.37. The van der Waals surface area contributed by atoms with E-state index in [9.17, 15) is 13.2 Å². The highest BCUT2D eigenvalue weighted by molar-refractivity contribution is 8.16. The average molecular weight is 318 g/mol. The number of thioether (sulfide) groups is 1. The average Bonchev–Trinajstić information content (AvgIpc) is 2.97. The van der Waals surface area contributed by atoms with E-state index in [-0.39, 0.29) is 20.5 Å². The fourth-order valence-electron chi connectivity index (χ4n) is 1.69. The van der Waals surface area contributed by atoms with Gasteiger partial charge in [0.1, 0.15) is 4.21 Å². The maximum Gasteiger partial charge on any atom is 0.294 e. The van der Waals surface area contributed by atoms with Crippen molar-refractivity contribution in [3.63, 3.8) is 0 Å². The molecule has 0 aromatic carbocycles. The second-order valence-corrected chi connectivity index (χ2v) is 7.83. The molecule has 1 saturated heterocycles. The van der Waals surface area contributed by atoms with Gasteiger partial charge in [0.05, 0.1) is 5.25 Å². The van der Waals surface area contributed by atoms with E-state index in [1.165, 1.54) is 22.7 Å². The maximum absolute atomic E-state index is 12.1. The summed E-state index contributed by atoms with van der Waals surface area (Å²) in [5, 5.41) is 1.75. The Kier molecular flexibility index (Phi) is 4.32. The molecule has 1 fully saturated rings. The van der Waals surface area contributed by atoms with Crippen molar-refractivity contribution in [2.75, 3.05) is 6.54 Å². The van der Waals surface area contributed by atoms with Crippen LogP contribution in [-0.4, -0.2) is 36.2 Å². The predicted octanol–water partition coefficient (Wildman–Crippen LogP) is 2.17. The number of sulfonamides is 1. The second-order valence-electron chi connectivity index (χ2n) is 3.88. The standard InChI is InChI=1S/C11H14N2O3S3/c1-3-8-10(14)13(4-2)11(18-8)12-19(15,16)9-6-5-7-17-9/h5-8H,3-4H2,1-2H3/t8-/m1/s1. The fraction of sp³-hybridized carbons (Fsp3) is 0.455. The summed E-state index contributed by atoms with van der Waals surface area (Å²) in [6.45, 7) is 4.14. The highest BCUT2D eigenvalue weighted by Crippen LogP contribution is 2.31. The normalized spacial score (nSPS) is 22.4. The quantitative estimate of drug-likeness (QED) is 0.853. The molecule has 1 amide bonds. The number of hydrogen-bond donors (Lipinski definition) is 0. The van der Waals surface area contributed by atoms with Crippen molar-refractivity contribution in [2.45, 2.75) is 29.7 Å². The minimum Gasteiger partial charge on any atom is -0.290 e. The van der Waals surface area contributed by atoms with Crippen molar-refractivity contribution in [3.05, 3.63) is 17.5 Å². The van der Waals surface area contributed by atoms with Gasteiger partial charge in [0.2, 0.25) is 5.91 Å². The molecule has 1 aliphatic heterocycles. The van der Waals surface area contributed by atoms with Crippen LogP contribution in [0.15, 0.2) is 26.1 Å². The van der Waals surface area contributed by atoms with Crippen LogP contribution in [0.5, 0.6) is 0 Å². The third-order valence-electron chi connectivity index (χ3n) is 2.65. The van der Waals surface area contributed by atoms with Crippen LogP contribution in [0.2, 0.25) is 0 Å². The van der Waals surface area contributed by atoms with Gasteiger partial charge in [0, 0.05) is 6.54 Å². The van der Waals surface area contributed by atoms with Gasteiger partial charge in [0.25, 0.3) is 10.0 Å². The van der Waals surface area contributed by atoms with Gasteiger partial charge in [-0.15, -0.1) is 15.7 Å². The Morgan fingerprint density at radius 3 is 2.68 bits per heavy atom. The largest absolute Gasteiger partial charge is 0.294 e. The van der Waals surface area contributed by atoms with E-state index in [4.69, 9.17) is 0 Å². The van der Waals surface area contributed by atoms with E-state index < -0.39 is 10.0 Å². The van der Waals surface area contributed by atoms with Crippen molar-refractivity contribution < 1.29 is 13.2 Å². The number of thiophene rings is 1. The molecule has 0 bridgehead atoms. The van der Waals surface area contributed by atoms with Gasteiger partial charge in [-0.05, 0) is 24.8 Å². The summed E-state index contributed by atoms with van der Waals surface area (Å²) in [4.78, 5) is 13.4. The summed E-state index contributed by atoms with van der Waals surface area (Å²) in [5.74, 6) is -0.0601. The molecule has 0 radical (unpaired) electrons. The topological polar surface area (TPSA) is 66.8 Å². The van der Waals surface area contributed by atoms with Gasteiger partial charge in [-0.1, -0.05) is 24.8 Å². The highest BCUT2D eigenvalue weighted by atomic mass is 32.2. The van der Waals surface area contributed by atoms with E-state index in [1.807, 2.05) is 13.8 Å². The molecular formula is C11H14N2O3S3. The summed E-state index contributed by atoms with van der Waals surface area (Å²) in [5.41, 5.74) is 0. The Bertz CT molecular complexity index is 593. The summed E-state index contributed by atoms with van der Waals surface area (Å²) in [7, 11) is -3.71. The second kappa shape index (κ2) is 5.64. The molecule has 2 rings (SSSR count). The molecule has 19 heavy (non-hydrogen) atoms. The molecule has 1 aliphatic rings. The predicted molar refractivity (Wildman–Crippen MR) is 78.0 cm³/mol. The van der Waals surface area contributed by atoms with Crippen LogP contribution in [0.3, 0.4) is 0 Å². The molecule has 2 heterocycles. The monoisotopic (exact) mass is 318 g/mol. The van der Waals surface area contributed by atoms with Gasteiger partial charge in [-0.3, -0.25) is 9.69 Å². The van der Waals surface area contributed by atoms with E-state index in [1.54, 1.807) is 11.4 Å². The van der Waals surface area contributed by atoms with E-state index >= 15 is 0 Å². The summed E-state index contributed by atoms with van der Waals surface area (Å²) >= 11 is 2.35. The first-order valence-electron chi connectivity index (χ1n) is 5.86. The van der Waals surface area contributed by atoms with Crippen LogP contribution >= 0.6 is 23.1 Å². The van der Waals surface area contributed by atoms with Crippen molar-refractivity contribution in [2.24, 2.45) is 4.40 Å². The first-order chi connectivity index (χ1) is 8.99. The minimum absolute atomic E-state index is 0.0601. The first kappa shape index (κ1) is 14.5. The van der Waals surface area contributed by atoms with Gasteiger partial charge >= 0.3 is 0 Å². The van der Waals surface area contributed by atoms with Crippen LogP contribution in [0.1, 0.15) is 20.3 Å². The van der Waals surface area contributed by atoms with Gasteiger partial charge in [0.15, 0.2) is 5.17 Å². The Hall–Kier alpha value is -0.860. The third kappa shape index (κ3) is 2.85. The lowest BCUT2D eigenvalue weighted by molar-refractivity contribution is -0.126. The minimum atomic E-state index is -3.71. The van der Waals surface area contributed by atoms with Crippen LogP contribution < -0.4 is 0 Å². The van der Waals surface area contributed by atoms with Gasteiger partial charge in [-0.25, -0.2) is 0 Å². The summed E-state index contributed by atoms with van der Waals surface area (Å²) < 4.78 is 28.2. The number of amidine groups is 1. The van der Waals surface area contributed by atoms with Gasteiger partial charge in [-0.2, -0.15) is 8.42 Å². The Labute approximate surface area is 120 Å². The Morgan fingerprint density at radius 2 is 2.16 bits per heavy atom. The molecule has 104 valence electrons. The molecule has 1 atom stereocenters. The maximum atomic E-state index is 12.1. The first-order valence-corrected chi connectivity index (χ1v) is 9.06. The zero-order valence-corrected chi connectivity index (χ0v) is 13.0. The Balaban J connectivity index is 2.36. The lowest BCUT2D eigenvalue weighted by Gasteiger charge is -2.12. The molecule has 0 aliphatic carbocycles. The molecule has 8 heteroatoms. The summed E-state index contributed by atoms with van der Waals surface area (Å²) in [6, 6.07) is 3.18. The third-order valence-corrected chi connectivity index (χ3v) is 6.75. The van der Waals surface area contributed by atoms with Crippen LogP contribution in [-0.2, 0) is 14.8 Å². The lowest BCUT2D eigenvalue weighted by atomic mass is 10.3. The number of carbonyl (C=O) groups excluding carboxylic acids is 1. The molecule has 1 aromatic heterocycles. The molecule has 5 nitrogen and oxygen atoms in total. The SMILES string of the molecule is CC[C@H]1SC(=NS(=O)(=O)c2cccs2)N(CC)C1=O. The fourth-order valence-corrected chi connectivity index (χ4v) is 5.01. The van der Waals surface area contributed by atoms with Crippen LogP contribution in [0, 0.1) is 0 Å². The van der Waals surface area contributed by atoms with Crippen LogP contribution in [0.25, 0.3) is 0 Å². The summed E-state index contributed by atoms with van der Waals surface area (Å²) in [6.07, 6.45) is 0.665. The smallest absolute Gasteiger partial charge is 0.290 e. The molecule has 0 saturated carbocycles. The van der Waals surface area contributed by atoms with Crippen LogP contribution in [0.4, 0.5) is 0 Å². The van der Waals surface area contributed by atoms with E-state index in [0.717, 1.165) is 11.3 Å². The zero-order chi connectivity index (χ0) is 14.0.